The number of piperazine rings is 1. The van der Waals surface area contributed by atoms with Crippen molar-refractivity contribution in [2.24, 2.45) is 22.6 Å². The van der Waals surface area contributed by atoms with Crippen molar-refractivity contribution in [2.75, 3.05) is 25.0 Å². The summed E-state index contributed by atoms with van der Waals surface area (Å²) < 4.78 is 0. The summed E-state index contributed by atoms with van der Waals surface area (Å²) in [5.74, 6) is 1.95. The molecule has 6 nitrogen and oxygen atoms in total. The maximum absolute atomic E-state index is 11.9. The van der Waals surface area contributed by atoms with Crippen LogP contribution < -0.4 is 16.4 Å². The molecule has 1 saturated heterocycles. The Kier molecular flexibility index (Phi) is 7.75. The van der Waals surface area contributed by atoms with Crippen molar-refractivity contribution in [1.82, 2.24) is 10.2 Å². The van der Waals surface area contributed by atoms with Crippen LogP contribution in [0, 0.1) is 11.8 Å². The topological polar surface area (TPSA) is 82.8 Å². The summed E-state index contributed by atoms with van der Waals surface area (Å²) in [5.41, 5.74) is 8.39. The molecule has 2 aliphatic carbocycles. The Morgan fingerprint density at radius 2 is 2.00 bits per heavy atom. The summed E-state index contributed by atoms with van der Waals surface area (Å²) in [6, 6.07) is 14.4. The van der Waals surface area contributed by atoms with E-state index in [0.717, 1.165) is 54.2 Å². The number of hydrogen-bond donors (Lipinski definition) is 3. The lowest BCUT2D eigenvalue weighted by atomic mass is 9.88. The van der Waals surface area contributed by atoms with Gasteiger partial charge in [0.1, 0.15) is 0 Å². The normalized spacial score (nSPS) is 26.8. The Balaban J connectivity index is 1.38. The average Bonchev–Trinajstić information content (AvgIpc) is 3.46. The molecule has 2 aromatic rings. The number of benzene rings is 2. The molecule has 2 bridgehead atoms. The summed E-state index contributed by atoms with van der Waals surface area (Å²) in [6.45, 7) is 5.04. The van der Waals surface area contributed by atoms with Gasteiger partial charge in [-0.2, -0.15) is 0 Å². The average molecular weight is 529 g/mol. The highest BCUT2D eigenvalue weighted by Gasteiger charge is 2.40. The smallest absolute Gasteiger partial charge is 0.218 e. The number of hydrogen-bond acceptors (Lipinski definition) is 3. The first kappa shape index (κ1) is 25.4. The molecule has 8 heteroatoms. The van der Waals surface area contributed by atoms with Crippen molar-refractivity contribution in [2.45, 2.75) is 57.0 Å². The lowest BCUT2D eigenvalue weighted by Crippen LogP contribution is -2.53. The van der Waals surface area contributed by atoms with Gasteiger partial charge in [-0.15, -0.1) is 0 Å². The quantitative estimate of drug-likeness (QED) is 0.353. The Hall–Kier alpha value is -2.28. The van der Waals surface area contributed by atoms with E-state index in [4.69, 9.17) is 33.9 Å². The van der Waals surface area contributed by atoms with E-state index in [2.05, 4.69) is 34.6 Å². The number of halogens is 2. The van der Waals surface area contributed by atoms with Gasteiger partial charge in [-0.3, -0.25) is 4.79 Å². The zero-order chi connectivity index (χ0) is 25.2. The van der Waals surface area contributed by atoms with Gasteiger partial charge in [0.15, 0.2) is 5.96 Å². The van der Waals surface area contributed by atoms with Crippen molar-refractivity contribution in [3.63, 3.8) is 0 Å². The fraction of sp³-hybridized carbons (Fsp3) is 0.500. The molecule has 2 aromatic carbocycles. The third kappa shape index (κ3) is 5.82. The standard InChI is InChI=1S/C28H35Cl2N5O/c1-17-16-35(11-10-32-17)28(34-26-13-18-2-3-20(26)12-18)33-22-7-4-19(5-8-22)24(15-27(31)36)23-9-6-21(29)14-25(23)30/h4-9,14,17-18,20,24,26,32H,2-3,10-13,15-16H2,1H3,(H2,31,36)(H,33,34)/t17-,18?,20?,24?,26?/m0/s1. The number of nitrogens with one attached hydrogen (secondary N) is 2. The lowest BCUT2D eigenvalue weighted by molar-refractivity contribution is -0.118. The number of nitrogens with two attached hydrogens (primary N) is 1. The van der Waals surface area contributed by atoms with E-state index in [-0.39, 0.29) is 18.2 Å². The number of fused-ring (bicyclic) bond motifs is 2. The Morgan fingerprint density at radius 3 is 2.64 bits per heavy atom. The highest BCUT2D eigenvalue weighted by atomic mass is 35.5. The molecule has 0 radical (unpaired) electrons. The molecule has 1 aliphatic heterocycles. The number of rotatable bonds is 6. The van der Waals surface area contributed by atoms with E-state index in [1.807, 2.05) is 18.2 Å². The lowest BCUT2D eigenvalue weighted by Gasteiger charge is -2.35. The van der Waals surface area contributed by atoms with Gasteiger partial charge in [0.25, 0.3) is 0 Å². The van der Waals surface area contributed by atoms with Gasteiger partial charge in [-0.05, 0) is 73.4 Å². The van der Waals surface area contributed by atoms with Gasteiger partial charge >= 0.3 is 0 Å². The minimum Gasteiger partial charge on any atom is -0.370 e. The Morgan fingerprint density at radius 1 is 1.19 bits per heavy atom. The zero-order valence-electron chi connectivity index (χ0n) is 20.7. The van der Waals surface area contributed by atoms with Gasteiger partial charge in [0.2, 0.25) is 5.91 Å². The Labute approximate surface area is 223 Å². The van der Waals surface area contributed by atoms with Gasteiger partial charge in [-0.1, -0.05) is 47.8 Å². The summed E-state index contributed by atoms with van der Waals surface area (Å²) in [4.78, 5) is 19.5. The molecule has 3 aliphatic rings. The van der Waals surface area contributed by atoms with Gasteiger partial charge in [-0.25, -0.2) is 4.99 Å². The van der Waals surface area contributed by atoms with E-state index in [1.54, 1.807) is 12.1 Å². The molecule has 2 saturated carbocycles. The molecular formula is C28H35Cl2N5O. The zero-order valence-corrected chi connectivity index (χ0v) is 22.2. The van der Waals surface area contributed by atoms with E-state index < -0.39 is 0 Å². The van der Waals surface area contributed by atoms with Crippen LogP contribution in [0.5, 0.6) is 0 Å². The predicted molar refractivity (Wildman–Crippen MR) is 148 cm³/mol. The van der Waals surface area contributed by atoms with Crippen molar-refractivity contribution in [3.8, 4) is 0 Å². The highest BCUT2D eigenvalue weighted by Crippen LogP contribution is 2.46. The molecule has 0 spiro atoms. The van der Waals surface area contributed by atoms with Gasteiger partial charge < -0.3 is 21.3 Å². The fourth-order valence-corrected chi connectivity index (χ4v) is 6.70. The third-order valence-electron chi connectivity index (χ3n) is 7.97. The van der Waals surface area contributed by atoms with Crippen LogP contribution in [0.2, 0.25) is 10.0 Å². The van der Waals surface area contributed by atoms with E-state index in [9.17, 15) is 4.79 Å². The molecule has 0 aromatic heterocycles. The monoisotopic (exact) mass is 527 g/mol. The van der Waals surface area contributed by atoms with Gasteiger partial charge in [0, 0.05) is 53.7 Å². The number of carbonyl (C=O) groups excluding carboxylic acids is 1. The summed E-state index contributed by atoms with van der Waals surface area (Å²) in [6.07, 6.45) is 5.41. The number of amides is 1. The summed E-state index contributed by atoms with van der Waals surface area (Å²) >= 11 is 12.6. The Bertz CT molecular complexity index is 1120. The second kappa shape index (κ2) is 11.0. The van der Waals surface area contributed by atoms with E-state index in [0.29, 0.717) is 22.1 Å². The predicted octanol–water partition coefficient (Wildman–Crippen LogP) is 5.25. The number of nitrogens with zero attached hydrogens (tertiary/aromatic N) is 2. The van der Waals surface area contributed by atoms with Crippen LogP contribution in [0.25, 0.3) is 0 Å². The minimum atomic E-state index is -0.374. The molecule has 4 unspecified atom stereocenters. The summed E-state index contributed by atoms with van der Waals surface area (Å²) in [7, 11) is 0. The SMILES string of the molecule is C[C@H]1CN(C(=NC2CC3CCC2C3)Nc2ccc(C(CC(N)=O)c3ccc(Cl)cc3Cl)cc2)CCN1. The van der Waals surface area contributed by atoms with Crippen LogP contribution in [-0.2, 0) is 4.79 Å². The molecule has 4 N–H and O–H groups in total. The number of carbonyl (C=O) groups is 1. The van der Waals surface area contributed by atoms with Crippen molar-refractivity contribution in [1.29, 1.82) is 0 Å². The number of guanidine groups is 1. The molecule has 5 atom stereocenters. The van der Waals surface area contributed by atoms with Crippen LogP contribution >= 0.6 is 23.2 Å². The van der Waals surface area contributed by atoms with Crippen molar-refractivity contribution >= 4 is 40.8 Å². The van der Waals surface area contributed by atoms with Crippen LogP contribution in [0.4, 0.5) is 5.69 Å². The molecule has 36 heavy (non-hydrogen) atoms. The second-order valence-electron chi connectivity index (χ2n) is 10.6. The minimum absolute atomic E-state index is 0.170. The number of primary amides is 1. The maximum Gasteiger partial charge on any atom is 0.218 e. The molecule has 1 heterocycles. The largest absolute Gasteiger partial charge is 0.370 e. The molecule has 192 valence electrons. The van der Waals surface area contributed by atoms with E-state index in [1.165, 1.54) is 25.7 Å². The van der Waals surface area contributed by atoms with Crippen LogP contribution in [0.1, 0.15) is 56.1 Å². The van der Waals surface area contributed by atoms with Crippen molar-refractivity contribution < 1.29 is 4.79 Å². The van der Waals surface area contributed by atoms with Crippen LogP contribution in [0.15, 0.2) is 47.5 Å². The molecule has 3 fully saturated rings. The molecular weight excluding hydrogens is 493 g/mol. The first-order valence-corrected chi connectivity index (χ1v) is 13.8. The first-order chi connectivity index (χ1) is 17.4. The highest BCUT2D eigenvalue weighted by molar-refractivity contribution is 6.35. The number of aliphatic imine (C=N–C) groups is 1. The fourth-order valence-electron chi connectivity index (χ4n) is 6.16. The van der Waals surface area contributed by atoms with Crippen LogP contribution in [-0.4, -0.2) is 48.5 Å². The molecule has 1 amide bonds. The number of anilines is 1. The second-order valence-corrected chi connectivity index (χ2v) is 11.5. The summed E-state index contributed by atoms with van der Waals surface area (Å²) in [5, 5.41) is 8.26. The van der Waals surface area contributed by atoms with Gasteiger partial charge in [0.05, 0.1) is 6.04 Å². The van der Waals surface area contributed by atoms with E-state index >= 15 is 0 Å². The molecule has 5 rings (SSSR count). The maximum atomic E-state index is 11.9. The first-order valence-electron chi connectivity index (χ1n) is 13.0. The third-order valence-corrected chi connectivity index (χ3v) is 8.53. The van der Waals surface area contributed by atoms with Crippen molar-refractivity contribution in [3.05, 3.63) is 63.6 Å². The van der Waals surface area contributed by atoms with Crippen LogP contribution in [0.3, 0.4) is 0 Å².